The van der Waals surface area contributed by atoms with Crippen molar-refractivity contribution in [3.63, 3.8) is 0 Å². The normalized spacial score (nSPS) is 36.0. The van der Waals surface area contributed by atoms with Gasteiger partial charge in [0.1, 0.15) is 0 Å². The minimum atomic E-state index is -0.341. The van der Waals surface area contributed by atoms with Gasteiger partial charge in [-0.05, 0) is 13.0 Å². The van der Waals surface area contributed by atoms with E-state index in [9.17, 15) is 0 Å². The second-order valence-electron chi connectivity index (χ2n) is 6.33. The molecule has 5 atom stereocenters. The maximum Gasteiger partial charge on any atom is 0.184 e. The topological polar surface area (TPSA) is 73.7 Å². The Hall–Kier alpha value is -0.980. The molecule has 1 aromatic rings. The number of piperidine rings is 1. The number of nitrogens with two attached hydrogens (primary N) is 2. The molecule has 5 nitrogen and oxygen atoms in total. The zero-order valence-electron chi connectivity index (χ0n) is 13.2. The summed E-state index contributed by atoms with van der Waals surface area (Å²) < 4.78 is 12.2. The molecule has 2 fully saturated rings. The SMILES string of the molecule is CCCCN1C[C@H](N)[C@@H](N)[C@@H]2O[C@H](c3ccccc3)OC[C@H]21. The van der Waals surface area contributed by atoms with Gasteiger partial charge < -0.3 is 20.9 Å². The van der Waals surface area contributed by atoms with E-state index < -0.39 is 0 Å². The van der Waals surface area contributed by atoms with E-state index in [2.05, 4.69) is 11.8 Å². The van der Waals surface area contributed by atoms with E-state index in [0.717, 1.165) is 25.1 Å². The number of likely N-dealkylation sites (tertiary alicyclic amines) is 1. The number of benzene rings is 1. The Morgan fingerprint density at radius 1 is 1.23 bits per heavy atom. The molecule has 4 N–H and O–H groups in total. The Morgan fingerprint density at radius 3 is 2.73 bits per heavy atom. The van der Waals surface area contributed by atoms with Crippen molar-refractivity contribution in [2.24, 2.45) is 11.5 Å². The van der Waals surface area contributed by atoms with Crippen LogP contribution in [0.25, 0.3) is 0 Å². The van der Waals surface area contributed by atoms with Gasteiger partial charge in [0.2, 0.25) is 0 Å². The summed E-state index contributed by atoms with van der Waals surface area (Å²) in [6, 6.07) is 10.0. The van der Waals surface area contributed by atoms with Gasteiger partial charge in [0.25, 0.3) is 0 Å². The molecule has 0 bridgehead atoms. The molecular weight excluding hydrogens is 278 g/mol. The van der Waals surface area contributed by atoms with Crippen LogP contribution in [0.2, 0.25) is 0 Å². The summed E-state index contributed by atoms with van der Waals surface area (Å²) in [5.41, 5.74) is 13.6. The molecule has 0 aliphatic carbocycles. The zero-order chi connectivity index (χ0) is 15.5. The molecule has 22 heavy (non-hydrogen) atoms. The fraction of sp³-hybridized carbons (Fsp3) is 0.647. The Balaban J connectivity index is 1.73. The van der Waals surface area contributed by atoms with E-state index in [1.165, 1.54) is 6.42 Å². The molecule has 5 heteroatoms. The van der Waals surface area contributed by atoms with Crippen molar-refractivity contribution in [2.75, 3.05) is 19.7 Å². The lowest BCUT2D eigenvalue weighted by atomic mass is 9.90. The fourth-order valence-corrected chi connectivity index (χ4v) is 3.39. The molecule has 2 heterocycles. The third-order valence-electron chi connectivity index (χ3n) is 4.74. The molecule has 2 saturated heterocycles. The van der Waals surface area contributed by atoms with Crippen LogP contribution in [-0.2, 0) is 9.47 Å². The zero-order valence-corrected chi connectivity index (χ0v) is 13.2. The molecule has 3 rings (SSSR count). The molecule has 0 spiro atoms. The number of ether oxygens (including phenoxy) is 2. The highest BCUT2D eigenvalue weighted by Gasteiger charge is 2.45. The van der Waals surface area contributed by atoms with Crippen molar-refractivity contribution >= 4 is 0 Å². The second kappa shape index (κ2) is 7.06. The lowest BCUT2D eigenvalue weighted by molar-refractivity contribution is -0.258. The highest BCUT2D eigenvalue weighted by Crippen LogP contribution is 2.32. The van der Waals surface area contributed by atoms with Gasteiger partial charge in [-0.25, -0.2) is 0 Å². The van der Waals surface area contributed by atoms with Gasteiger partial charge in [0.15, 0.2) is 6.29 Å². The first kappa shape index (κ1) is 15.9. The molecule has 0 aromatic heterocycles. The summed E-state index contributed by atoms with van der Waals surface area (Å²) in [6.45, 7) is 4.70. The molecule has 0 saturated carbocycles. The van der Waals surface area contributed by atoms with Gasteiger partial charge in [0.05, 0.1) is 18.8 Å². The largest absolute Gasteiger partial charge is 0.347 e. The summed E-state index contributed by atoms with van der Waals surface area (Å²) in [6.07, 6.45) is 1.92. The Kier molecular flexibility index (Phi) is 5.10. The van der Waals surface area contributed by atoms with Crippen molar-refractivity contribution in [3.8, 4) is 0 Å². The van der Waals surface area contributed by atoms with Crippen molar-refractivity contribution in [3.05, 3.63) is 35.9 Å². The molecule has 0 radical (unpaired) electrons. The van der Waals surface area contributed by atoms with Gasteiger partial charge in [-0.15, -0.1) is 0 Å². The summed E-state index contributed by atoms with van der Waals surface area (Å²) in [4.78, 5) is 2.39. The Labute approximate surface area is 132 Å². The average molecular weight is 305 g/mol. The molecule has 2 aliphatic heterocycles. The quantitative estimate of drug-likeness (QED) is 0.875. The predicted molar refractivity (Wildman–Crippen MR) is 86.2 cm³/mol. The molecule has 1 aromatic carbocycles. The standard InChI is InChI=1S/C17H27N3O2/c1-2-3-9-20-10-13(18)15(19)16-14(20)11-21-17(22-16)12-7-5-4-6-8-12/h4-8,13-17H,2-3,9-11,18-19H2,1H3/t13-,14+,15+,16+,17+/m0/s1. The Bertz CT molecular complexity index is 470. The van der Waals surface area contributed by atoms with E-state index in [-0.39, 0.29) is 30.5 Å². The van der Waals surface area contributed by atoms with Crippen molar-refractivity contribution in [1.82, 2.24) is 4.90 Å². The van der Waals surface area contributed by atoms with Crippen LogP contribution in [0.5, 0.6) is 0 Å². The average Bonchev–Trinajstić information content (AvgIpc) is 2.57. The van der Waals surface area contributed by atoms with Crippen LogP contribution in [0, 0.1) is 0 Å². The number of fused-ring (bicyclic) bond motifs is 1. The molecule has 122 valence electrons. The van der Waals surface area contributed by atoms with Crippen molar-refractivity contribution in [2.45, 2.75) is 50.3 Å². The maximum absolute atomic E-state index is 6.33. The first-order valence-electron chi connectivity index (χ1n) is 8.28. The lowest BCUT2D eigenvalue weighted by Gasteiger charge is -2.50. The van der Waals surface area contributed by atoms with Gasteiger partial charge in [-0.2, -0.15) is 0 Å². The van der Waals surface area contributed by atoms with Crippen LogP contribution in [0.1, 0.15) is 31.6 Å². The minimum Gasteiger partial charge on any atom is -0.347 e. The third-order valence-corrected chi connectivity index (χ3v) is 4.74. The van der Waals surface area contributed by atoms with Crippen molar-refractivity contribution < 1.29 is 9.47 Å². The van der Waals surface area contributed by atoms with Gasteiger partial charge in [-0.1, -0.05) is 43.7 Å². The molecular formula is C17H27N3O2. The number of unbranched alkanes of at least 4 members (excludes halogenated alkanes) is 1. The first-order valence-corrected chi connectivity index (χ1v) is 8.28. The van der Waals surface area contributed by atoms with Crippen LogP contribution >= 0.6 is 0 Å². The van der Waals surface area contributed by atoms with Gasteiger partial charge in [0, 0.05) is 24.2 Å². The van der Waals surface area contributed by atoms with Crippen LogP contribution in [0.3, 0.4) is 0 Å². The minimum absolute atomic E-state index is 0.0485. The van der Waals surface area contributed by atoms with Crippen LogP contribution in [0.15, 0.2) is 30.3 Å². The smallest absolute Gasteiger partial charge is 0.184 e. The van der Waals surface area contributed by atoms with E-state index >= 15 is 0 Å². The number of rotatable bonds is 4. The van der Waals surface area contributed by atoms with Crippen molar-refractivity contribution in [1.29, 1.82) is 0 Å². The summed E-state index contributed by atoms with van der Waals surface area (Å²) >= 11 is 0. The maximum atomic E-state index is 6.33. The molecule has 0 amide bonds. The Morgan fingerprint density at radius 2 is 2.00 bits per heavy atom. The predicted octanol–water partition coefficient (Wildman–Crippen LogP) is 1.24. The summed E-state index contributed by atoms with van der Waals surface area (Å²) in [7, 11) is 0. The third kappa shape index (κ3) is 3.19. The number of hydrogen-bond donors (Lipinski definition) is 2. The second-order valence-corrected chi connectivity index (χ2v) is 6.33. The number of hydrogen-bond acceptors (Lipinski definition) is 5. The molecule has 0 unspecified atom stereocenters. The van der Waals surface area contributed by atoms with Gasteiger partial charge in [-0.3, -0.25) is 4.90 Å². The summed E-state index contributed by atoms with van der Waals surface area (Å²) in [5, 5.41) is 0. The van der Waals surface area contributed by atoms with Crippen LogP contribution in [-0.4, -0.2) is 48.8 Å². The van der Waals surface area contributed by atoms with E-state index in [1.807, 2.05) is 30.3 Å². The van der Waals surface area contributed by atoms with Crippen LogP contribution < -0.4 is 11.5 Å². The van der Waals surface area contributed by atoms with Crippen LogP contribution in [0.4, 0.5) is 0 Å². The lowest BCUT2D eigenvalue weighted by Crippen LogP contribution is -2.70. The number of nitrogens with zero attached hydrogens (tertiary/aromatic N) is 1. The highest BCUT2D eigenvalue weighted by molar-refractivity contribution is 5.17. The monoisotopic (exact) mass is 305 g/mol. The fourth-order valence-electron chi connectivity index (χ4n) is 3.39. The van der Waals surface area contributed by atoms with E-state index in [0.29, 0.717) is 6.61 Å². The highest BCUT2D eigenvalue weighted by atomic mass is 16.7. The van der Waals surface area contributed by atoms with Gasteiger partial charge >= 0.3 is 0 Å². The summed E-state index contributed by atoms with van der Waals surface area (Å²) in [5.74, 6) is 0. The first-order chi connectivity index (χ1) is 10.7. The van der Waals surface area contributed by atoms with E-state index in [1.54, 1.807) is 0 Å². The molecule has 2 aliphatic rings. The van der Waals surface area contributed by atoms with E-state index in [4.69, 9.17) is 20.9 Å².